The maximum Gasteiger partial charge on any atom is 0.245 e. The Balaban J connectivity index is 1.63. The normalized spacial score (nSPS) is 13.4. The van der Waals surface area contributed by atoms with Gasteiger partial charge in [0.1, 0.15) is 5.60 Å². The van der Waals surface area contributed by atoms with Crippen LogP contribution in [0, 0.1) is 11.3 Å². The first-order chi connectivity index (χ1) is 14.3. The van der Waals surface area contributed by atoms with Crippen molar-refractivity contribution in [1.82, 2.24) is 15.0 Å². The van der Waals surface area contributed by atoms with Gasteiger partial charge in [-0.05, 0) is 43.7 Å². The zero-order valence-electron chi connectivity index (χ0n) is 16.6. The molecule has 0 spiro atoms. The molecule has 30 heavy (non-hydrogen) atoms. The Hall–Kier alpha value is -3.83. The molecule has 2 N–H and O–H groups in total. The highest BCUT2D eigenvalue weighted by molar-refractivity contribution is 5.99. The van der Waals surface area contributed by atoms with Gasteiger partial charge in [0.25, 0.3) is 0 Å². The smallest absolute Gasteiger partial charge is 0.245 e. The predicted molar refractivity (Wildman–Crippen MR) is 111 cm³/mol. The number of fused-ring (bicyclic) bond motifs is 1. The van der Waals surface area contributed by atoms with Crippen LogP contribution < -0.4 is 10.2 Å². The quantitative estimate of drug-likeness (QED) is 0.692. The van der Waals surface area contributed by atoms with Crippen molar-refractivity contribution in [2.45, 2.75) is 26.0 Å². The van der Waals surface area contributed by atoms with E-state index in [0.29, 0.717) is 35.1 Å². The number of carbonyl (C=O) groups excluding carboxylic acids is 1. The Morgan fingerprint density at radius 3 is 2.77 bits per heavy atom. The number of pyridine rings is 1. The number of hydrogen-bond donors (Lipinski definition) is 2. The van der Waals surface area contributed by atoms with Crippen LogP contribution in [0.1, 0.15) is 30.7 Å². The van der Waals surface area contributed by atoms with Crippen LogP contribution in [0.15, 0.2) is 48.8 Å². The topological polar surface area (TPSA) is 115 Å². The van der Waals surface area contributed by atoms with Gasteiger partial charge in [-0.3, -0.25) is 9.78 Å². The summed E-state index contributed by atoms with van der Waals surface area (Å²) in [5, 5.41) is 21.9. The summed E-state index contributed by atoms with van der Waals surface area (Å²) in [5.74, 6) is 0.773. The first-order valence-corrected chi connectivity index (χ1v) is 9.43. The lowest BCUT2D eigenvalue weighted by Gasteiger charge is -2.29. The molecule has 3 heterocycles. The summed E-state index contributed by atoms with van der Waals surface area (Å²) in [6.45, 7) is 3.93. The lowest BCUT2D eigenvalue weighted by molar-refractivity contribution is -0.115. The summed E-state index contributed by atoms with van der Waals surface area (Å²) in [4.78, 5) is 27.5. The molecule has 2 aromatic heterocycles. The van der Waals surface area contributed by atoms with Gasteiger partial charge >= 0.3 is 0 Å². The van der Waals surface area contributed by atoms with Gasteiger partial charge < -0.3 is 15.3 Å². The van der Waals surface area contributed by atoms with E-state index in [9.17, 15) is 9.90 Å². The van der Waals surface area contributed by atoms with Crippen molar-refractivity contribution >= 4 is 17.5 Å². The first-order valence-electron chi connectivity index (χ1n) is 9.43. The minimum Gasteiger partial charge on any atom is -0.384 e. The largest absolute Gasteiger partial charge is 0.384 e. The van der Waals surface area contributed by atoms with Gasteiger partial charge in [-0.1, -0.05) is 12.1 Å². The number of amides is 1. The predicted octanol–water partition coefficient (Wildman–Crippen LogP) is 2.60. The summed E-state index contributed by atoms with van der Waals surface area (Å²) < 4.78 is 0. The summed E-state index contributed by atoms with van der Waals surface area (Å²) in [5.41, 5.74) is 2.29. The van der Waals surface area contributed by atoms with Crippen LogP contribution in [0.5, 0.6) is 0 Å². The Morgan fingerprint density at radius 2 is 2.07 bits per heavy atom. The lowest BCUT2D eigenvalue weighted by Crippen LogP contribution is -2.39. The molecule has 3 aromatic rings. The number of carbonyl (C=O) groups is 1. The fraction of sp³-hybridized carbons (Fsp3) is 0.227. The van der Waals surface area contributed by atoms with Crippen LogP contribution in [0.3, 0.4) is 0 Å². The van der Waals surface area contributed by atoms with Crippen LogP contribution in [0.2, 0.25) is 0 Å². The van der Waals surface area contributed by atoms with E-state index >= 15 is 0 Å². The second-order valence-corrected chi connectivity index (χ2v) is 7.64. The maximum absolute atomic E-state index is 12.2. The van der Waals surface area contributed by atoms with E-state index < -0.39 is 5.60 Å². The molecule has 8 heteroatoms. The van der Waals surface area contributed by atoms with Gasteiger partial charge in [-0.15, -0.1) is 0 Å². The van der Waals surface area contributed by atoms with E-state index in [4.69, 9.17) is 5.26 Å². The van der Waals surface area contributed by atoms with Crippen molar-refractivity contribution in [1.29, 1.82) is 5.26 Å². The average molecular weight is 400 g/mol. The van der Waals surface area contributed by atoms with Gasteiger partial charge in [0, 0.05) is 18.3 Å². The fourth-order valence-electron chi connectivity index (χ4n) is 3.25. The number of aliphatic hydroxyl groups is 1. The third kappa shape index (κ3) is 3.97. The number of nitrogens with zero attached hydrogens (tertiary/aromatic N) is 5. The molecule has 0 unspecified atom stereocenters. The molecule has 8 nitrogen and oxygen atoms in total. The number of anilines is 2. The molecule has 0 bridgehead atoms. The molecule has 0 atom stereocenters. The number of benzene rings is 1. The molecular weight excluding hydrogens is 380 g/mol. The van der Waals surface area contributed by atoms with E-state index in [1.807, 2.05) is 23.1 Å². The molecule has 1 aromatic carbocycles. The Labute approximate surface area is 173 Å². The zero-order chi connectivity index (χ0) is 21.3. The average Bonchev–Trinajstić information content (AvgIpc) is 2.73. The highest BCUT2D eigenvalue weighted by atomic mass is 16.3. The van der Waals surface area contributed by atoms with Crippen molar-refractivity contribution in [2.75, 3.05) is 16.8 Å². The highest BCUT2D eigenvalue weighted by Gasteiger charge is 2.25. The molecule has 0 radical (unpaired) electrons. The van der Waals surface area contributed by atoms with E-state index in [2.05, 4.69) is 26.3 Å². The second-order valence-electron chi connectivity index (χ2n) is 7.64. The van der Waals surface area contributed by atoms with E-state index in [1.54, 1.807) is 44.4 Å². The SMILES string of the molecule is CC(C)(O)c1ccc(-c2cnc3c(n2)NC(=O)CN3Cc2cccc(C#N)c2)cn1. The molecule has 4 rings (SSSR count). The molecule has 0 saturated carbocycles. The molecule has 0 aliphatic carbocycles. The van der Waals surface area contributed by atoms with Gasteiger partial charge in [0.2, 0.25) is 5.91 Å². The monoisotopic (exact) mass is 400 g/mol. The molecular formula is C22H20N6O2. The number of rotatable bonds is 4. The Kier molecular flexibility index (Phi) is 4.90. The molecule has 0 fully saturated rings. The molecule has 1 amide bonds. The highest BCUT2D eigenvalue weighted by Crippen LogP contribution is 2.30. The molecule has 1 aliphatic heterocycles. The second kappa shape index (κ2) is 7.54. The summed E-state index contributed by atoms with van der Waals surface area (Å²) in [6.07, 6.45) is 3.26. The Bertz CT molecular complexity index is 1150. The van der Waals surface area contributed by atoms with Crippen molar-refractivity contribution in [3.8, 4) is 17.3 Å². The third-order valence-electron chi connectivity index (χ3n) is 4.76. The first kappa shape index (κ1) is 19.5. The van der Waals surface area contributed by atoms with Crippen molar-refractivity contribution in [2.24, 2.45) is 0 Å². The number of hydrogen-bond acceptors (Lipinski definition) is 7. The maximum atomic E-state index is 12.2. The van der Waals surface area contributed by atoms with Gasteiger partial charge in [-0.25, -0.2) is 9.97 Å². The van der Waals surface area contributed by atoms with Gasteiger partial charge in [-0.2, -0.15) is 5.26 Å². The van der Waals surface area contributed by atoms with Crippen LogP contribution in [0.4, 0.5) is 11.6 Å². The van der Waals surface area contributed by atoms with Crippen LogP contribution in [-0.4, -0.2) is 32.5 Å². The van der Waals surface area contributed by atoms with Gasteiger partial charge in [0.05, 0.1) is 35.8 Å². The summed E-state index contributed by atoms with van der Waals surface area (Å²) in [6, 6.07) is 12.9. The van der Waals surface area contributed by atoms with Crippen LogP contribution in [-0.2, 0) is 16.9 Å². The van der Waals surface area contributed by atoms with Gasteiger partial charge in [0.15, 0.2) is 11.6 Å². The summed E-state index contributed by atoms with van der Waals surface area (Å²) in [7, 11) is 0. The minimum atomic E-state index is -1.03. The Morgan fingerprint density at radius 1 is 1.23 bits per heavy atom. The third-order valence-corrected chi connectivity index (χ3v) is 4.76. The van der Waals surface area contributed by atoms with Crippen molar-refractivity contribution in [3.63, 3.8) is 0 Å². The standard InChI is InChI=1S/C22H20N6O2/c1-22(2,30)18-7-6-16(10-24-18)17-11-25-21-20(26-17)27-19(29)13-28(21)12-15-5-3-4-14(8-15)9-23/h3-8,10-11,30H,12-13H2,1-2H3,(H,26,27,29). The van der Waals surface area contributed by atoms with Crippen LogP contribution >= 0.6 is 0 Å². The minimum absolute atomic E-state index is 0.152. The number of nitriles is 1. The van der Waals surface area contributed by atoms with E-state index in [0.717, 1.165) is 11.1 Å². The van der Waals surface area contributed by atoms with Crippen molar-refractivity contribution < 1.29 is 9.90 Å². The molecule has 150 valence electrons. The molecule has 0 saturated heterocycles. The summed E-state index contributed by atoms with van der Waals surface area (Å²) >= 11 is 0. The van der Waals surface area contributed by atoms with E-state index in [1.165, 1.54) is 0 Å². The van der Waals surface area contributed by atoms with E-state index in [-0.39, 0.29) is 12.5 Å². The number of nitrogens with one attached hydrogen (secondary N) is 1. The van der Waals surface area contributed by atoms with Crippen LogP contribution in [0.25, 0.3) is 11.3 Å². The van der Waals surface area contributed by atoms with Crippen molar-refractivity contribution in [3.05, 3.63) is 65.6 Å². The number of aromatic nitrogens is 3. The lowest BCUT2D eigenvalue weighted by atomic mass is 10.0. The zero-order valence-corrected chi connectivity index (χ0v) is 16.6. The molecule has 1 aliphatic rings. The fourth-order valence-corrected chi connectivity index (χ4v) is 3.25.